The second-order valence-corrected chi connectivity index (χ2v) is 3.61. The Labute approximate surface area is 74.8 Å². The number of nitrogens with one attached hydrogen (secondary N) is 1. The van der Waals surface area contributed by atoms with E-state index in [1.165, 1.54) is 0 Å². The number of rotatable bonds is 3. The second-order valence-electron chi connectivity index (χ2n) is 3.61. The summed E-state index contributed by atoms with van der Waals surface area (Å²) in [6, 6.07) is 0.569. The van der Waals surface area contributed by atoms with Crippen molar-refractivity contribution in [1.29, 1.82) is 0 Å². The van der Waals surface area contributed by atoms with Gasteiger partial charge in [-0.25, -0.2) is 0 Å². The van der Waals surface area contributed by atoms with Gasteiger partial charge >= 0.3 is 0 Å². The topological polar surface area (TPSA) is 35.5 Å². The fourth-order valence-corrected chi connectivity index (χ4v) is 1.55. The highest BCUT2D eigenvalue weighted by Gasteiger charge is 2.19. The quantitative estimate of drug-likeness (QED) is 0.631. The smallest absolute Gasteiger partial charge is 0.0664 e. The predicted molar refractivity (Wildman–Crippen MR) is 50.2 cm³/mol. The zero-order valence-electron chi connectivity index (χ0n) is 8.08. The molecule has 0 aromatic carbocycles. The van der Waals surface area contributed by atoms with Crippen LogP contribution in [0.15, 0.2) is 0 Å². The molecule has 0 aliphatic carbocycles. The van der Waals surface area contributed by atoms with Gasteiger partial charge in [-0.2, -0.15) is 0 Å². The highest BCUT2D eigenvalue weighted by Crippen LogP contribution is 2.04. The summed E-state index contributed by atoms with van der Waals surface area (Å²) in [6.07, 6.45) is 0.710. The molecule has 1 unspecified atom stereocenters. The number of hydrogen-bond acceptors (Lipinski definition) is 3. The van der Waals surface area contributed by atoms with Crippen LogP contribution in [0.1, 0.15) is 20.3 Å². The predicted octanol–water partition coefficient (Wildman–Crippen LogP) is 0.0510. The minimum absolute atomic E-state index is 0.148. The Morgan fingerprint density at radius 3 is 3.00 bits per heavy atom. The lowest BCUT2D eigenvalue weighted by Gasteiger charge is -2.34. The van der Waals surface area contributed by atoms with E-state index in [0.29, 0.717) is 6.04 Å². The third-order valence-corrected chi connectivity index (χ3v) is 2.56. The van der Waals surface area contributed by atoms with Gasteiger partial charge in [0.15, 0.2) is 0 Å². The van der Waals surface area contributed by atoms with Gasteiger partial charge in [-0.15, -0.1) is 0 Å². The molecule has 72 valence electrons. The van der Waals surface area contributed by atoms with E-state index >= 15 is 0 Å². The lowest BCUT2D eigenvalue weighted by atomic mass is 10.2. The van der Waals surface area contributed by atoms with Crippen LogP contribution < -0.4 is 5.32 Å². The molecule has 2 N–H and O–H groups in total. The molecule has 1 aliphatic rings. The van der Waals surface area contributed by atoms with Crippen molar-refractivity contribution in [3.8, 4) is 0 Å². The van der Waals surface area contributed by atoms with Gasteiger partial charge in [-0.1, -0.05) is 6.92 Å². The number of aliphatic hydroxyl groups is 1. The van der Waals surface area contributed by atoms with Crippen LogP contribution in [-0.2, 0) is 0 Å². The van der Waals surface area contributed by atoms with E-state index in [0.717, 1.165) is 32.6 Å². The molecular weight excluding hydrogens is 152 g/mol. The van der Waals surface area contributed by atoms with Crippen LogP contribution in [0.2, 0.25) is 0 Å². The molecule has 0 amide bonds. The number of hydrogen-bond donors (Lipinski definition) is 2. The van der Waals surface area contributed by atoms with Gasteiger partial charge < -0.3 is 10.4 Å². The van der Waals surface area contributed by atoms with Crippen molar-refractivity contribution >= 4 is 0 Å². The van der Waals surface area contributed by atoms with E-state index in [1.54, 1.807) is 0 Å². The highest BCUT2D eigenvalue weighted by atomic mass is 16.3. The van der Waals surface area contributed by atoms with Gasteiger partial charge in [-0.05, 0) is 13.3 Å². The summed E-state index contributed by atoms with van der Waals surface area (Å²) in [6.45, 7) is 8.24. The van der Waals surface area contributed by atoms with Crippen LogP contribution in [0, 0.1) is 0 Å². The van der Waals surface area contributed by atoms with Gasteiger partial charge in [-0.3, -0.25) is 4.90 Å². The van der Waals surface area contributed by atoms with E-state index in [1.807, 2.05) is 6.92 Å². The molecule has 0 bridgehead atoms. The monoisotopic (exact) mass is 172 g/mol. The molecule has 0 aromatic rings. The summed E-state index contributed by atoms with van der Waals surface area (Å²) in [5.41, 5.74) is 0. The van der Waals surface area contributed by atoms with Crippen LogP contribution in [-0.4, -0.2) is 48.3 Å². The Morgan fingerprint density at radius 1 is 1.67 bits per heavy atom. The summed E-state index contributed by atoms with van der Waals surface area (Å²) in [5.74, 6) is 0. The van der Waals surface area contributed by atoms with Gasteiger partial charge in [0.2, 0.25) is 0 Å². The molecule has 0 spiro atoms. The van der Waals surface area contributed by atoms with Crippen molar-refractivity contribution in [2.75, 3.05) is 26.2 Å². The number of aliphatic hydroxyl groups excluding tert-OH is 1. The van der Waals surface area contributed by atoms with Gasteiger partial charge in [0.05, 0.1) is 6.10 Å². The number of β-amino-alcohol motifs (C(OH)–C–C–N with tert-alkyl or cyclic N) is 1. The van der Waals surface area contributed by atoms with E-state index in [2.05, 4.69) is 17.1 Å². The molecule has 0 saturated carbocycles. The third-order valence-electron chi connectivity index (χ3n) is 2.56. The Kier molecular flexibility index (Phi) is 3.98. The third kappa shape index (κ3) is 2.73. The highest BCUT2D eigenvalue weighted by molar-refractivity contribution is 4.77. The number of piperazine rings is 1. The molecule has 1 rings (SSSR count). The standard InChI is InChI=1S/C9H20N2O/c1-3-9(12)7-11-5-4-10-6-8(11)2/h8-10,12H,3-7H2,1-2H3/t8-,9?/m1/s1. The largest absolute Gasteiger partial charge is 0.392 e. The summed E-state index contributed by atoms with van der Waals surface area (Å²) in [5, 5.41) is 12.8. The first-order valence-electron chi connectivity index (χ1n) is 4.87. The molecule has 1 heterocycles. The van der Waals surface area contributed by atoms with Crippen LogP contribution in [0.3, 0.4) is 0 Å². The van der Waals surface area contributed by atoms with E-state index in [-0.39, 0.29) is 6.10 Å². The Bertz CT molecular complexity index is 130. The first-order chi connectivity index (χ1) is 5.74. The molecule has 1 saturated heterocycles. The Balaban J connectivity index is 2.28. The van der Waals surface area contributed by atoms with E-state index in [9.17, 15) is 5.11 Å². The average Bonchev–Trinajstić information content (AvgIpc) is 2.09. The summed E-state index contributed by atoms with van der Waals surface area (Å²) in [4.78, 5) is 2.35. The van der Waals surface area contributed by atoms with Crippen molar-refractivity contribution in [3.05, 3.63) is 0 Å². The molecular formula is C9H20N2O. The van der Waals surface area contributed by atoms with Gasteiger partial charge in [0.1, 0.15) is 0 Å². The van der Waals surface area contributed by atoms with Crippen LogP contribution in [0.4, 0.5) is 0 Å². The molecule has 1 aliphatic heterocycles. The first-order valence-corrected chi connectivity index (χ1v) is 4.87. The first kappa shape index (κ1) is 9.96. The molecule has 0 aromatic heterocycles. The molecule has 3 heteroatoms. The van der Waals surface area contributed by atoms with Gasteiger partial charge in [0, 0.05) is 32.2 Å². The van der Waals surface area contributed by atoms with Crippen molar-refractivity contribution in [2.45, 2.75) is 32.4 Å². The fourth-order valence-electron chi connectivity index (χ4n) is 1.55. The van der Waals surface area contributed by atoms with Crippen molar-refractivity contribution in [1.82, 2.24) is 10.2 Å². The lowest BCUT2D eigenvalue weighted by molar-refractivity contribution is 0.0772. The minimum atomic E-state index is -0.148. The van der Waals surface area contributed by atoms with Crippen LogP contribution >= 0.6 is 0 Å². The zero-order chi connectivity index (χ0) is 8.97. The van der Waals surface area contributed by atoms with E-state index < -0.39 is 0 Å². The molecule has 3 nitrogen and oxygen atoms in total. The maximum absolute atomic E-state index is 9.47. The molecule has 2 atom stereocenters. The minimum Gasteiger partial charge on any atom is -0.392 e. The Morgan fingerprint density at radius 2 is 2.42 bits per heavy atom. The molecule has 1 fully saturated rings. The van der Waals surface area contributed by atoms with Crippen molar-refractivity contribution in [2.24, 2.45) is 0 Å². The average molecular weight is 172 g/mol. The zero-order valence-corrected chi connectivity index (χ0v) is 8.08. The Hall–Kier alpha value is -0.120. The fraction of sp³-hybridized carbons (Fsp3) is 1.00. The summed E-state index contributed by atoms with van der Waals surface area (Å²) < 4.78 is 0. The lowest BCUT2D eigenvalue weighted by Crippen LogP contribution is -2.51. The maximum atomic E-state index is 9.47. The van der Waals surface area contributed by atoms with Crippen LogP contribution in [0.25, 0.3) is 0 Å². The van der Waals surface area contributed by atoms with Crippen LogP contribution in [0.5, 0.6) is 0 Å². The van der Waals surface area contributed by atoms with Crippen molar-refractivity contribution in [3.63, 3.8) is 0 Å². The van der Waals surface area contributed by atoms with E-state index in [4.69, 9.17) is 0 Å². The normalized spacial score (nSPS) is 28.8. The number of nitrogens with zero attached hydrogens (tertiary/aromatic N) is 1. The summed E-state index contributed by atoms with van der Waals surface area (Å²) >= 11 is 0. The second kappa shape index (κ2) is 4.80. The SMILES string of the molecule is CCC(O)CN1CCNC[C@H]1C. The molecule has 12 heavy (non-hydrogen) atoms. The summed E-state index contributed by atoms with van der Waals surface area (Å²) in [7, 11) is 0. The molecule has 0 radical (unpaired) electrons. The van der Waals surface area contributed by atoms with Gasteiger partial charge in [0.25, 0.3) is 0 Å². The van der Waals surface area contributed by atoms with Crippen molar-refractivity contribution < 1.29 is 5.11 Å². The maximum Gasteiger partial charge on any atom is 0.0664 e.